The van der Waals surface area contributed by atoms with Gasteiger partial charge in [-0.1, -0.05) is 78.0 Å². The number of hydrogen-bond acceptors (Lipinski definition) is 15. The molecule has 400 valence electrons. The summed E-state index contributed by atoms with van der Waals surface area (Å²) < 4.78 is 58.6. The van der Waals surface area contributed by atoms with E-state index in [1.165, 1.54) is 14.0 Å². The molecule has 4 rings (SSSR count). The minimum absolute atomic E-state index is 0.000323. The van der Waals surface area contributed by atoms with Gasteiger partial charge in [0.05, 0.1) is 34.5 Å². The van der Waals surface area contributed by atoms with Crippen molar-refractivity contribution in [2.45, 2.75) is 129 Å². The smallest absolute Gasteiger partial charge is 0.333 e. The zero-order chi connectivity index (χ0) is 53.7. The zero-order valence-corrected chi connectivity index (χ0v) is 44.5. The van der Waals surface area contributed by atoms with E-state index in [2.05, 4.69) is 20.1 Å². The Bertz CT molecular complexity index is 2430. The van der Waals surface area contributed by atoms with Crippen molar-refractivity contribution in [1.82, 2.24) is 0 Å². The second-order valence-electron chi connectivity index (χ2n) is 18.4. The van der Waals surface area contributed by atoms with E-state index in [0.29, 0.717) is 90.9 Å². The summed E-state index contributed by atoms with van der Waals surface area (Å²) in [5.74, 6) is 2.83. The van der Waals surface area contributed by atoms with Crippen LogP contribution in [0.4, 0.5) is 0 Å². The van der Waals surface area contributed by atoms with Gasteiger partial charge in [0.15, 0.2) is 46.0 Å². The highest BCUT2D eigenvalue weighted by Crippen LogP contribution is 2.40. The SMILES string of the molecule is C=C(C)C(=O)OCC(O)COc1ccc(Cc2ccc(OC(CC)(CCC)CC(O)COc3ccc(Cc4ccc(OC(CC)(CCC)C(O)COC(=O)C(=C)C)c(OC)c4)cc3OC)c(OC)c2)cc1OC. The lowest BCUT2D eigenvalue weighted by atomic mass is 9.88. The van der Waals surface area contributed by atoms with Crippen LogP contribution in [0.3, 0.4) is 0 Å². The molecule has 0 spiro atoms. The highest BCUT2D eigenvalue weighted by Gasteiger charge is 2.40. The molecule has 0 aliphatic rings. The number of carbonyl (C=O) groups is 2. The third kappa shape index (κ3) is 17.1. The first-order valence-corrected chi connectivity index (χ1v) is 24.9. The van der Waals surface area contributed by atoms with E-state index in [1.807, 2.05) is 87.5 Å². The van der Waals surface area contributed by atoms with Crippen molar-refractivity contribution in [2.75, 3.05) is 54.9 Å². The van der Waals surface area contributed by atoms with Crippen molar-refractivity contribution in [3.05, 3.63) is 119 Å². The molecule has 4 aromatic rings. The van der Waals surface area contributed by atoms with Crippen molar-refractivity contribution in [1.29, 1.82) is 0 Å². The number of aliphatic hydroxyl groups is 3. The number of aliphatic hydroxyl groups excluding tert-OH is 3. The van der Waals surface area contributed by atoms with E-state index in [0.717, 1.165) is 35.1 Å². The Balaban J connectivity index is 1.41. The quantitative estimate of drug-likeness (QED) is 0.0302. The van der Waals surface area contributed by atoms with Crippen molar-refractivity contribution < 1.29 is 72.3 Å². The minimum atomic E-state index is -1.09. The van der Waals surface area contributed by atoms with E-state index in [1.54, 1.807) is 34.3 Å². The van der Waals surface area contributed by atoms with Gasteiger partial charge < -0.3 is 62.7 Å². The van der Waals surface area contributed by atoms with Gasteiger partial charge in [-0.05, 0) is 123 Å². The first-order chi connectivity index (χ1) is 34.9. The number of ether oxygens (including phenoxy) is 10. The maximum atomic E-state index is 12.1. The lowest BCUT2D eigenvalue weighted by Crippen LogP contribution is -2.49. The van der Waals surface area contributed by atoms with Gasteiger partial charge in [0.2, 0.25) is 0 Å². The molecule has 15 nitrogen and oxygen atoms in total. The Morgan fingerprint density at radius 2 is 0.904 bits per heavy atom. The summed E-state index contributed by atoms with van der Waals surface area (Å²) in [7, 11) is 6.27. The summed E-state index contributed by atoms with van der Waals surface area (Å²) in [4.78, 5) is 23.8. The molecule has 0 fully saturated rings. The predicted octanol–water partition coefficient (Wildman–Crippen LogP) is 9.73. The molecule has 0 radical (unpaired) electrons. The third-order valence-corrected chi connectivity index (χ3v) is 12.5. The van der Waals surface area contributed by atoms with Gasteiger partial charge >= 0.3 is 11.9 Å². The highest BCUT2D eigenvalue weighted by atomic mass is 16.6. The van der Waals surface area contributed by atoms with Gasteiger partial charge in [0, 0.05) is 17.6 Å². The fourth-order valence-corrected chi connectivity index (χ4v) is 8.49. The maximum Gasteiger partial charge on any atom is 0.333 e. The van der Waals surface area contributed by atoms with E-state index in [9.17, 15) is 24.9 Å². The monoisotopic (exact) mass is 1010 g/mol. The lowest BCUT2D eigenvalue weighted by Gasteiger charge is -2.38. The number of carbonyl (C=O) groups excluding carboxylic acids is 2. The number of methoxy groups -OCH3 is 4. The van der Waals surface area contributed by atoms with Crippen molar-refractivity contribution in [3.8, 4) is 46.0 Å². The van der Waals surface area contributed by atoms with E-state index in [-0.39, 0.29) is 37.6 Å². The Morgan fingerprint density at radius 3 is 1.30 bits per heavy atom. The summed E-state index contributed by atoms with van der Waals surface area (Å²) in [6, 6.07) is 22.7. The van der Waals surface area contributed by atoms with Gasteiger partial charge in [0.1, 0.15) is 49.8 Å². The molecular weight excluding hydrogens is 937 g/mol. The molecule has 0 aliphatic heterocycles. The molecule has 0 saturated heterocycles. The molecule has 15 heteroatoms. The molecule has 0 amide bonds. The first-order valence-electron chi connectivity index (χ1n) is 24.9. The largest absolute Gasteiger partial charge is 0.493 e. The molecule has 5 unspecified atom stereocenters. The summed E-state index contributed by atoms with van der Waals surface area (Å²) in [5.41, 5.74) is 2.54. The Kier molecular flexibility index (Phi) is 23.3. The van der Waals surface area contributed by atoms with Gasteiger partial charge in [-0.2, -0.15) is 0 Å². The van der Waals surface area contributed by atoms with Crippen LogP contribution < -0.4 is 37.9 Å². The van der Waals surface area contributed by atoms with Crippen LogP contribution in [-0.4, -0.2) is 112 Å². The molecule has 0 heterocycles. The zero-order valence-electron chi connectivity index (χ0n) is 44.5. The van der Waals surface area contributed by atoms with Crippen molar-refractivity contribution >= 4 is 11.9 Å². The van der Waals surface area contributed by atoms with Gasteiger partial charge in [-0.3, -0.25) is 0 Å². The second kappa shape index (κ2) is 28.7. The molecular formula is C58H78O15. The van der Waals surface area contributed by atoms with Crippen LogP contribution in [0.5, 0.6) is 46.0 Å². The standard InChI is InChI=1S/C58H78O15/c1-13-25-57(15-3,72-48-23-19-42(31-52(48)66-11)27-41-18-22-47(51(30-41)65-10)69-35-45(60)36-70-55(62)38(5)6)33-44(59)34-68-46-21-17-40(29-50(46)64-9)28-43-20-24-49(53(32-43)67-12)73-58(16-4,26-14-2)54(61)37-71-56(63)39(7)8/h17-24,29-32,44-45,54,59-61H,5,7,13-16,25-28,33-37H2,1-4,6,8-12H3. The number of esters is 2. The fourth-order valence-electron chi connectivity index (χ4n) is 8.49. The van der Waals surface area contributed by atoms with Gasteiger partial charge in [-0.25, -0.2) is 9.59 Å². The summed E-state index contributed by atoms with van der Waals surface area (Å²) in [5, 5.41) is 33.0. The number of benzene rings is 4. The van der Waals surface area contributed by atoms with Gasteiger partial charge in [-0.15, -0.1) is 0 Å². The first kappa shape index (κ1) is 59.1. The lowest BCUT2D eigenvalue weighted by molar-refractivity contribution is -0.149. The minimum Gasteiger partial charge on any atom is -0.493 e. The number of rotatable bonds is 33. The average Bonchev–Trinajstić information content (AvgIpc) is 3.38. The summed E-state index contributed by atoms with van der Waals surface area (Å²) in [6.45, 7) is 17.7. The molecule has 0 bridgehead atoms. The maximum absolute atomic E-state index is 12.1. The molecule has 0 saturated carbocycles. The van der Waals surface area contributed by atoms with Crippen LogP contribution in [0.15, 0.2) is 97.1 Å². The van der Waals surface area contributed by atoms with E-state index in [4.69, 9.17) is 47.4 Å². The predicted molar refractivity (Wildman–Crippen MR) is 280 cm³/mol. The second-order valence-corrected chi connectivity index (χ2v) is 18.4. The fraction of sp³-hybridized carbons (Fsp3) is 0.483. The molecule has 0 aromatic heterocycles. The Morgan fingerprint density at radius 1 is 0.507 bits per heavy atom. The van der Waals surface area contributed by atoms with E-state index < -0.39 is 41.5 Å². The molecule has 3 N–H and O–H groups in total. The van der Waals surface area contributed by atoms with Crippen LogP contribution >= 0.6 is 0 Å². The van der Waals surface area contributed by atoms with Crippen LogP contribution in [-0.2, 0) is 31.9 Å². The van der Waals surface area contributed by atoms with Crippen LogP contribution in [0.25, 0.3) is 0 Å². The molecule has 0 aliphatic carbocycles. The molecule has 4 aromatic carbocycles. The third-order valence-electron chi connectivity index (χ3n) is 12.5. The Hall–Kier alpha value is -6.42. The van der Waals surface area contributed by atoms with E-state index >= 15 is 0 Å². The summed E-state index contributed by atoms with van der Waals surface area (Å²) >= 11 is 0. The van der Waals surface area contributed by atoms with Crippen LogP contribution in [0.2, 0.25) is 0 Å². The molecule has 5 atom stereocenters. The topological polar surface area (TPSA) is 187 Å². The average molecular weight is 1020 g/mol. The van der Waals surface area contributed by atoms with Crippen LogP contribution in [0.1, 0.15) is 109 Å². The normalized spacial score (nSPS) is 14.0. The van der Waals surface area contributed by atoms with Crippen LogP contribution in [0, 0.1) is 0 Å². The molecule has 73 heavy (non-hydrogen) atoms. The Labute approximate surface area is 431 Å². The van der Waals surface area contributed by atoms with Crippen molar-refractivity contribution in [2.24, 2.45) is 0 Å². The number of hydrogen-bond donors (Lipinski definition) is 3. The van der Waals surface area contributed by atoms with Gasteiger partial charge in [0.25, 0.3) is 0 Å². The van der Waals surface area contributed by atoms with Crippen molar-refractivity contribution in [3.63, 3.8) is 0 Å². The summed E-state index contributed by atoms with van der Waals surface area (Å²) in [6.07, 6.45) is 2.20. The highest BCUT2D eigenvalue weighted by molar-refractivity contribution is 5.87.